The summed E-state index contributed by atoms with van der Waals surface area (Å²) in [7, 11) is 0. The number of aliphatic hydroxyl groups is 1. The van der Waals surface area contributed by atoms with E-state index in [1.165, 1.54) is 19.3 Å². The Kier molecular flexibility index (Phi) is 2.94. The predicted molar refractivity (Wildman–Crippen MR) is 47.5 cm³/mol. The first-order valence-corrected chi connectivity index (χ1v) is 4.85. The lowest BCUT2D eigenvalue weighted by atomic mass is 9.92. The summed E-state index contributed by atoms with van der Waals surface area (Å²) in [6, 6.07) is 0. The average Bonchev–Trinajstić information content (AvgIpc) is 2.33. The van der Waals surface area contributed by atoms with E-state index in [2.05, 4.69) is 13.8 Å². The molecule has 0 aromatic heterocycles. The minimum Gasteiger partial charge on any atom is -0.390 e. The molecule has 0 spiro atoms. The van der Waals surface area contributed by atoms with Gasteiger partial charge in [0.15, 0.2) is 0 Å². The van der Waals surface area contributed by atoms with Gasteiger partial charge in [-0.15, -0.1) is 0 Å². The molecule has 1 rings (SSSR count). The molecule has 1 N–H and O–H groups in total. The van der Waals surface area contributed by atoms with Crippen molar-refractivity contribution in [3.63, 3.8) is 0 Å². The van der Waals surface area contributed by atoms with Crippen molar-refractivity contribution in [2.24, 2.45) is 5.92 Å². The molecule has 11 heavy (non-hydrogen) atoms. The van der Waals surface area contributed by atoms with E-state index in [1.54, 1.807) is 0 Å². The maximum atomic E-state index is 9.94. The van der Waals surface area contributed by atoms with E-state index in [1.807, 2.05) is 0 Å². The van der Waals surface area contributed by atoms with Gasteiger partial charge in [-0.3, -0.25) is 0 Å². The third-order valence-electron chi connectivity index (χ3n) is 2.72. The van der Waals surface area contributed by atoms with E-state index in [9.17, 15) is 5.11 Å². The maximum Gasteiger partial charge on any atom is 0.0648 e. The lowest BCUT2D eigenvalue weighted by molar-refractivity contribution is 0.0335. The normalized spacial score (nSPS) is 22.9. The first-order valence-electron chi connectivity index (χ1n) is 4.85. The molecule has 0 amide bonds. The summed E-state index contributed by atoms with van der Waals surface area (Å²) in [4.78, 5) is 0. The fourth-order valence-electron chi connectivity index (χ4n) is 1.84. The Morgan fingerprint density at radius 3 is 2.27 bits per heavy atom. The summed E-state index contributed by atoms with van der Waals surface area (Å²) in [5.41, 5.74) is -0.274. The van der Waals surface area contributed by atoms with Gasteiger partial charge in [0.2, 0.25) is 0 Å². The van der Waals surface area contributed by atoms with Crippen LogP contribution in [0.25, 0.3) is 0 Å². The summed E-state index contributed by atoms with van der Waals surface area (Å²) in [5, 5.41) is 9.94. The summed E-state index contributed by atoms with van der Waals surface area (Å²) in [5.74, 6) is 0.736. The number of hydrogen-bond donors (Lipinski definition) is 1. The highest BCUT2D eigenvalue weighted by Gasteiger charge is 2.30. The van der Waals surface area contributed by atoms with Crippen LogP contribution in [0.3, 0.4) is 0 Å². The van der Waals surface area contributed by atoms with E-state index >= 15 is 0 Å². The fraction of sp³-hybridized carbons (Fsp3) is 1.00. The largest absolute Gasteiger partial charge is 0.390 e. The van der Waals surface area contributed by atoms with Crippen LogP contribution in [0.4, 0.5) is 0 Å². The lowest BCUT2D eigenvalue weighted by Crippen LogP contribution is -2.24. The number of hydrogen-bond acceptors (Lipinski definition) is 1. The van der Waals surface area contributed by atoms with Crippen molar-refractivity contribution in [2.45, 2.75) is 58.0 Å². The van der Waals surface area contributed by atoms with Crippen LogP contribution in [-0.2, 0) is 0 Å². The third-order valence-corrected chi connectivity index (χ3v) is 2.72. The molecule has 66 valence electrons. The van der Waals surface area contributed by atoms with E-state index in [0.29, 0.717) is 0 Å². The second-order valence-corrected chi connectivity index (χ2v) is 4.36. The molecule has 0 atom stereocenters. The Bertz CT molecular complexity index is 112. The molecule has 1 fully saturated rings. The van der Waals surface area contributed by atoms with Gasteiger partial charge in [-0.1, -0.05) is 26.7 Å². The van der Waals surface area contributed by atoms with Crippen molar-refractivity contribution >= 4 is 0 Å². The summed E-state index contributed by atoms with van der Waals surface area (Å²) in [6.45, 7) is 4.44. The Morgan fingerprint density at radius 1 is 1.27 bits per heavy atom. The Balaban J connectivity index is 2.23. The van der Waals surface area contributed by atoms with Gasteiger partial charge in [-0.05, 0) is 31.6 Å². The molecular formula is C10H20O. The maximum absolute atomic E-state index is 9.94. The predicted octanol–water partition coefficient (Wildman–Crippen LogP) is 2.73. The molecule has 0 radical (unpaired) electrons. The van der Waals surface area contributed by atoms with Crippen molar-refractivity contribution in [3.8, 4) is 0 Å². The minimum absolute atomic E-state index is 0.274. The Labute approximate surface area is 69.8 Å². The lowest BCUT2D eigenvalue weighted by Gasteiger charge is -2.22. The van der Waals surface area contributed by atoms with E-state index < -0.39 is 0 Å². The van der Waals surface area contributed by atoms with Gasteiger partial charge in [0.05, 0.1) is 5.60 Å². The highest BCUT2D eigenvalue weighted by atomic mass is 16.3. The Hall–Kier alpha value is -0.0400. The van der Waals surface area contributed by atoms with Gasteiger partial charge in [-0.25, -0.2) is 0 Å². The topological polar surface area (TPSA) is 20.2 Å². The molecule has 0 heterocycles. The minimum atomic E-state index is -0.274. The van der Waals surface area contributed by atoms with Gasteiger partial charge in [0, 0.05) is 0 Å². The van der Waals surface area contributed by atoms with Crippen LogP contribution in [0.15, 0.2) is 0 Å². The molecule has 1 nitrogen and oxygen atoms in total. The molecule has 0 unspecified atom stereocenters. The molecule has 0 saturated heterocycles. The van der Waals surface area contributed by atoms with Crippen LogP contribution in [0.5, 0.6) is 0 Å². The quantitative estimate of drug-likeness (QED) is 0.666. The molecule has 0 bridgehead atoms. The summed E-state index contributed by atoms with van der Waals surface area (Å²) in [6.07, 6.45) is 6.74. The highest BCUT2D eigenvalue weighted by Crippen LogP contribution is 2.34. The second kappa shape index (κ2) is 3.57. The summed E-state index contributed by atoms with van der Waals surface area (Å²) >= 11 is 0. The van der Waals surface area contributed by atoms with Crippen molar-refractivity contribution in [2.75, 3.05) is 0 Å². The first kappa shape index (κ1) is 9.05. The molecule has 0 aromatic carbocycles. The molecule has 0 aliphatic heterocycles. The second-order valence-electron chi connectivity index (χ2n) is 4.36. The molecular weight excluding hydrogens is 136 g/mol. The monoisotopic (exact) mass is 156 g/mol. The van der Waals surface area contributed by atoms with Crippen molar-refractivity contribution in [3.05, 3.63) is 0 Å². The smallest absolute Gasteiger partial charge is 0.0648 e. The van der Waals surface area contributed by atoms with Crippen LogP contribution in [0, 0.1) is 5.92 Å². The molecule has 1 aliphatic carbocycles. The Morgan fingerprint density at radius 2 is 1.82 bits per heavy atom. The SMILES string of the molecule is CC(C)CCC1(O)CCCC1. The van der Waals surface area contributed by atoms with Gasteiger partial charge < -0.3 is 5.11 Å². The molecule has 1 heteroatoms. The van der Waals surface area contributed by atoms with Gasteiger partial charge in [0.1, 0.15) is 0 Å². The average molecular weight is 156 g/mol. The van der Waals surface area contributed by atoms with Gasteiger partial charge in [-0.2, -0.15) is 0 Å². The van der Waals surface area contributed by atoms with Crippen molar-refractivity contribution in [1.29, 1.82) is 0 Å². The van der Waals surface area contributed by atoms with Crippen LogP contribution in [0.1, 0.15) is 52.4 Å². The fourth-order valence-corrected chi connectivity index (χ4v) is 1.84. The van der Waals surface area contributed by atoms with Gasteiger partial charge >= 0.3 is 0 Å². The van der Waals surface area contributed by atoms with Crippen LogP contribution < -0.4 is 0 Å². The van der Waals surface area contributed by atoms with E-state index in [4.69, 9.17) is 0 Å². The standard InChI is InChI=1S/C10H20O/c1-9(2)5-8-10(11)6-3-4-7-10/h9,11H,3-8H2,1-2H3. The van der Waals surface area contributed by atoms with Crippen LogP contribution in [0.2, 0.25) is 0 Å². The van der Waals surface area contributed by atoms with Gasteiger partial charge in [0.25, 0.3) is 0 Å². The molecule has 1 saturated carbocycles. The van der Waals surface area contributed by atoms with Crippen molar-refractivity contribution in [1.82, 2.24) is 0 Å². The zero-order chi connectivity index (χ0) is 8.32. The van der Waals surface area contributed by atoms with Crippen molar-refractivity contribution < 1.29 is 5.11 Å². The molecule has 1 aliphatic rings. The van der Waals surface area contributed by atoms with E-state index in [-0.39, 0.29) is 5.60 Å². The molecule has 0 aromatic rings. The van der Waals surface area contributed by atoms with E-state index in [0.717, 1.165) is 25.2 Å². The zero-order valence-corrected chi connectivity index (χ0v) is 7.77. The first-order chi connectivity index (χ1) is 5.12. The zero-order valence-electron chi connectivity index (χ0n) is 7.77. The van der Waals surface area contributed by atoms with Crippen LogP contribution in [-0.4, -0.2) is 10.7 Å². The number of rotatable bonds is 3. The van der Waals surface area contributed by atoms with Crippen LogP contribution >= 0.6 is 0 Å². The highest BCUT2D eigenvalue weighted by molar-refractivity contribution is 4.83. The summed E-state index contributed by atoms with van der Waals surface area (Å²) < 4.78 is 0. The third kappa shape index (κ3) is 2.82.